The Morgan fingerprint density at radius 2 is 1.88 bits per heavy atom. The Bertz CT molecular complexity index is 586. The lowest BCUT2D eigenvalue weighted by Gasteiger charge is -2.35. The maximum Gasteiger partial charge on any atom is 0.242 e. The Balaban J connectivity index is 2.96. The molecule has 0 fully saturated rings. The summed E-state index contributed by atoms with van der Waals surface area (Å²) in [6.07, 6.45) is 4.83. The molecule has 0 aliphatic rings. The van der Waals surface area contributed by atoms with E-state index in [1.807, 2.05) is 62.5 Å². The van der Waals surface area contributed by atoms with E-state index in [-0.39, 0.29) is 24.4 Å². The van der Waals surface area contributed by atoms with Crippen molar-refractivity contribution in [3.05, 3.63) is 24.0 Å². The fourth-order valence-electron chi connectivity index (χ4n) is 2.82. The molecule has 0 spiro atoms. The Kier molecular flexibility index (Phi) is 8.38. The van der Waals surface area contributed by atoms with Crippen LogP contribution in [0, 0.1) is 5.41 Å². The van der Waals surface area contributed by atoms with Crippen LogP contribution in [0.1, 0.15) is 66.5 Å². The number of aromatic nitrogens is 1. The largest absolute Gasteiger partial charge is 0.353 e. The van der Waals surface area contributed by atoms with Gasteiger partial charge in [-0.3, -0.25) is 9.59 Å². The molecule has 1 aromatic heterocycles. The highest BCUT2D eigenvalue weighted by atomic mass is 16.2. The summed E-state index contributed by atoms with van der Waals surface area (Å²) < 4.78 is 2.04. The summed E-state index contributed by atoms with van der Waals surface area (Å²) in [6.45, 7) is 13.4. The van der Waals surface area contributed by atoms with Crippen LogP contribution in [0.15, 0.2) is 18.3 Å². The number of rotatable bonds is 9. The molecule has 0 saturated carbocycles. The van der Waals surface area contributed by atoms with Crippen LogP contribution in [-0.2, 0) is 23.2 Å². The lowest BCUT2D eigenvalue weighted by Crippen LogP contribution is -2.50. The zero-order valence-corrected chi connectivity index (χ0v) is 17.7. The molecule has 5 heteroatoms. The van der Waals surface area contributed by atoms with E-state index in [4.69, 9.17) is 0 Å². The first kappa shape index (κ1) is 22.3. The van der Waals surface area contributed by atoms with E-state index < -0.39 is 5.41 Å². The molecule has 0 aliphatic carbocycles. The summed E-state index contributed by atoms with van der Waals surface area (Å²) in [5.74, 6) is 0.0621. The van der Waals surface area contributed by atoms with Gasteiger partial charge < -0.3 is 14.4 Å². The molecule has 2 amide bonds. The standard InChI is InChI=1S/C21H37N3O2/c1-8-10-14-23(15-18-12-11-13-22(18)7)19(25)16-24(17(3)9-2)20(26)21(4,5)6/h11-13,17H,8-10,14-16H2,1-7H3/t17-/m0/s1. The minimum atomic E-state index is -0.490. The molecule has 0 saturated heterocycles. The molecule has 1 rings (SSSR count). The van der Waals surface area contributed by atoms with Crippen molar-refractivity contribution in [2.45, 2.75) is 73.4 Å². The highest BCUT2D eigenvalue weighted by molar-refractivity contribution is 5.87. The monoisotopic (exact) mass is 363 g/mol. The second kappa shape index (κ2) is 9.79. The zero-order chi connectivity index (χ0) is 19.9. The van der Waals surface area contributed by atoms with Gasteiger partial charge in [-0.25, -0.2) is 0 Å². The van der Waals surface area contributed by atoms with Crippen molar-refractivity contribution in [2.75, 3.05) is 13.1 Å². The minimum absolute atomic E-state index is 0.0255. The predicted octanol–water partition coefficient (Wildman–Crippen LogP) is 3.83. The zero-order valence-electron chi connectivity index (χ0n) is 17.7. The quantitative estimate of drug-likeness (QED) is 0.669. The summed E-state index contributed by atoms with van der Waals surface area (Å²) in [5.41, 5.74) is 0.613. The van der Waals surface area contributed by atoms with Gasteiger partial charge in [-0.05, 0) is 31.9 Å². The van der Waals surface area contributed by atoms with Crippen LogP contribution >= 0.6 is 0 Å². The van der Waals surface area contributed by atoms with Gasteiger partial charge >= 0.3 is 0 Å². The molecule has 26 heavy (non-hydrogen) atoms. The number of aryl methyl sites for hydroxylation is 1. The third-order valence-corrected chi connectivity index (χ3v) is 4.87. The lowest BCUT2D eigenvalue weighted by atomic mass is 9.93. The van der Waals surface area contributed by atoms with E-state index in [2.05, 4.69) is 13.8 Å². The molecule has 0 aromatic carbocycles. The summed E-state index contributed by atoms with van der Waals surface area (Å²) in [4.78, 5) is 29.6. The third kappa shape index (κ3) is 6.19. The molecule has 0 N–H and O–H groups in total. The molecule has 1 atom stereocenters. The number of nitrogens with zero attached hydrogens (tertiary/aromatic N) is 3. The van der Waals surface area contributed by atoms with Crippen molar-refractivity contribution < 1.29 is 9.59 Å². The smallest absolute Gasteiger partial charge is 0.242 e. The van der Waals surface area contributed by atoms with Crippen LogP contribution in [0.4, 0.5) is 0 Å². The molecule has 1 heterocycles. The Morgan fingerprint density at radius 1 is 1.23 bits per heavy atom. The Labute approximate surface area is 159 Å². The maximum absolute atomic E-state index is 13.1. The van der Waals surface area contributed by atoms with E-state index in [1.54, 1.807) is 4.90 Å². The van der Waals surface area contributed by atoms with Crippen LogP contribution < -0.4 is 0 Å². The predicted molar refractivity (Wildman–Crippen MR) is 107 cm³/mol. The Hall–Kier alpha value is -1.78. The number of hydrogen-bond acceptors (Lipinski definition) is 2. The topological polar surface area (TPSA) is 45.6 Å². The van der Waals surface area contributed by atoms with Crippen molar-refractivity contribution in [2.24, 2.45) is 12.5 Å². The van der Waals surface area contributed by atoms with E-state index in [0.29, 0.717) is 6.54 Å². The first-order valence-electron chi connectivity index (χ1n) is 9.80. The van der Waals surface area contributed by atoms with Crippen LogP contribution in [0.5, 0.6) is 0 Å². The van der Waals surface area contributed by atoms with E-state index in [1.165, 1.54) is 0 Å². The molecule has 148 valence electrons. The van der Waals surface area contributed by atoms with Crippen molar-refractivity contribution in [1.82, 2.24) is 14.4 Å². The van der Waals surface area contributed by atoms with Gasteiger partial charge in [-0.1, -0.05) is 41.0 Å². The van der Waals surface area contributed by atoms with Crippen molar-refractivity contribution in [1.29, 1.82) is 0 Å². The first-order chi connectivity index (χ1) is 12.1. The van der Waals surface area contributed by atoms with Crippen molar-refractivity contribution in [3.8, 4) is 0 Å². The molecule has 0 bridgehead atoms. The SMILES string of the molecule is CCCCN(Cc1cccn1C)C(=O)CN(C(=O)C(C)(C)C)[C@@H](C)CC. The minimum Gasteiger partial charge on any atom is -0.353 e. The normalized spacial score (nSPS) is 12.7. The maximum atomic E-state index is 13.1. The van der Waals surface area contributed by atoms with Gasteiger partial charge in [0, 0.05) is 36.9 Å². The molecule has 0 radical (unpaired) electrons. The number of hydrogen-bond donors (Lipinski definition) is 0. The highest BCUT2D eigenvalue weighted by Crippen LogP contribution is 2.20. The molecular formula is C21H37N3O2. The van der Waals surface area contributed by atoms with Crippen LogP contribution in [0.3, 0.4) is 0 Å². The number of carbonyl (C=O) groups excluding carboxylic acids is 2. The fourth-order valence-corrected chi connectivity index (χ4v) is 2.82. The second-order valence-corrected chi connectivity index (χ2v) is 8.22. The van der Waals surface area contributed by atoms with Gasteiger partial charge in [0.1, 0.15) is 6.54 Å². The van der Waals surface area contributed by atoms with Crippen LogP contribution in [0.25, 0.3) is 0 Å². The van der Waals surface area contributed by atoms with Crippen LogP contribution in [0.2, 0.25) is 0 Å². The van der Waals surface area contributed by atoms with Crippen molar-refractivity contribution >= 4 is 11.8 Å². The van der Waals surface area contributed by atoms with Gasteiger partial charge in [0.25, 0.3) is 0 Å². The van der Waals surface area contributed by atoms with E-state index in [0.717, 1.165) is 31.5 Å². The average Bonchev–Trinajstić information content (AvgIpc) is 2.98. The van der Waals surface area contributed by atoms with Gasteiger partial charge in [-0.15, -0.1) is 0 Å². The molecule has 1 aromatic rings. The summed E-state index contributed by atoms with van der Waals surface area (Å²) in [7, 11) is 1.99. The molecule has 0 unspecified atom stereocenters. The number of amides is 2. The van der Waals surface area contributed by atoms with E-state index >= 15 is 0 Å². The summed E-state index contributed by atoms with van der Waals surface area (Å²) in [6, 6.07) is 4.08. The van der Waals surface area contributed by atoms with Crippen molar-refractivity contribution in [3.63, 3.8) is 0 Å². The summed E-state index contributed by atoms with van der Waals surface area (Å²) in [5, 5.41) is 0. The first-order valence-corrected chi connectivity index (χ1v) is 9.80. The van der Waals surface area contributed by atoms with Gasteiger partial charge in [-0.2, -0.15) is 0 Å². The van der Waals surface area contributed by atoms with Gasteiger partial charge in [0.2, 0.25) is 11.8 Å². The highest BCUT2D eigenvalue weighted by Gasteiger charge is 2.32. The number of unbranched alkanes of at least 4 members (excludes halogenated alkanes) is 1. The van der Waals surface area contributed by atoms with Crippen LogP contribution in [-0.4, -0.2) is 45.3 Å². The Morgan fingerprint density at radius 3 is 2.35 bits per heavy atom. The molecular weight excluding hydrogens is 326 g/mol. The molecule has 5 nitrogen and oxygen atoms in total. The molecule has 0 aliphatic heterocycles. The lowest BCUT2D eigenvalue weighted by molar-refractivity contribution is -0.148. The van der Waals surface area contributed by atoms with Gasteiger partial charge in [0.05, 0.1) is 6.54 Å². The summed E-state index contributed by atoms with van der Waals surface area (Å²) >= 11 is 0. The van der Waals surface area contributed by atoms with Gasteiger partial charge in [0.15, 0.2) is 0 Å². The fraction of sp³-hybridized carbons (Fsp3) is 0.714. The third-order valence-electron chi connectivity index (χ3n) is 4.87. The second-order valence-electron chi connectivity index (χ2n) is 8.22. The number of carbonyl (C=O) groups is 2. The average molecular weight is 364 g/mol. The van der Waals surface area contributed by atoms with E-state index in [9.17, 15) is 9.59 Å².